The van der Waals surface area contributed by atoms with Crippen LogP contribution in [0.4, 0.5) is 5.69 Å². The fourth-order valence-electron chi connectivity index (χ4n) is 4.55. The molecule has 43 heavy (non-hydrogen) atoms. The topological polar surface area (TPSA) is 121 Å². The lowest BCUT2D eigenvalue weighted by molar-refractivity contribution is -0.125. The van der Waals surface area contributed by atoms with Gasteiger partial charge < -0.3 is 20.4 Å². The first kappa shape index (κ1) is 33.6. The molecule has 1 heterocycles. The fraction of sp³-hybridized carbons (Fsp3) is 0.438. The predicted molar refractivity (Wildman–Crippen MR) is 174 cm³/mol. The first-order valence-electron chi connectivity index (χ1n) is 14.7. The van der Waals surface area contributed by atoms with Crippen molar-refractivity contribution in [1.82, 2.24) is 25.6 Å². The van der Waals surface area contributed by atoms with E-state index in [2.05, 4.69) is 40.9 Å². The average molecular weight is 606 g/mol. The van der Waals surface area contributed by atoms with Crippen molar-refractivity contribution in [2.24, 2.45) is 0 Å². The van der Waals surface area contributed by atoms with Crippen LogP contribution in [0.2, 0.25) is 0 Å². The van der Waals surface area contributed by atoms with Gasteiger partial charge in [0.25, 0.3) is 11.8 Å². The maximum absolute atomic E-state index is 13.1. The van der Waals surface area contributed by atoms with Gasteiger partial charge in [-0.2, -0.15) is 5.26 Å². The zero-order valence-corrected chi connectivity index (χ0v) is 26.6. The van der Waals surface area contributed by atoms with E-state index in [1.54, 1.807) is 25.3 Å². The molecule has 2 aromatic carbocycles. The number of hydrazine groups is 1. The highest BCUT2D eigenvalue weighted by Crippen LogP contribution is 2.33. The third-order valence-electron chi connectivity index (χ3n) is 7.27. The van der Waals surface area contributed by atoms with Gasteiger partial charge >= 0.3 is 0 Å². The molecule has 1 aliphatic rings. The predicted octanol–water partition coefficient (Wildman–Crippen LogP) is 4.30. The van der Waals surface area contributed by atoms with E-state index < -0.39 is 0 Å². The minimum absolute atomic E-state index is 0.0836. The molecule has 3 amide bonds. The second-order valence-electron chi connectivity index (χ2n) is 10.4. The Morgan fingerprint density at radius 2 is 1.84 bits per heavy atom. The number of amides is 3. The highest BCUT2D eigenvalue weighted by molar-refractivity contribution is 8.03. The van der Waals surface area contributed by atoms with Gasteiger partial charge in [0.1, 0.15) is 0 Å². The van der Waals surface area contributed by atoms with E-state index in [-0.39, 0.29) is 29.7 Å². The van der Waals surface area contributed by atoms with Crippen molar-refractivity contribution in [1.29, 1.82) is 5.26 Å². The molecule has 2 aromatic rings. The van der Waals surface area contributed by atoms with Crippen LogP contribution in [0.1, 0.15) is 50.4 Å². The van der Waals surface area contributed by atoms with E-state index in [0.717, 1.165) is 48.9 Å². The standard InChI is InChI=1S/C32H43N7O3S/c1-6-9-15-39(8-3)16-14-34-30(41)25-11-10-24-18-28(13-12-23(24)17-25)35-21-27-22-43-32(38(5)31(27)42)26(20-33)19-29(40)36-37(4)7-2/h10-13,17-18,21,35H,6-9,14-16,19,22H2,1-5H3,(H,34,41)(H,36,40)/b27-21?,32-26+. The van der Waals surface area contributed by atoms with E-state index in [0.29, 0.717) is 35.0 Å². The Morgan fingerprint density at radius 1 is 1.09 bits per heavy atom. The number of benzene rings is 2. The quantitative estimate of drug-likeness (QED) is 0.166. The van der Waals surface area contributed by atoms with Gasteiger partial charge in [-0.05, 0) is 54.5 Å². The number of rotatable bonds is 14. The van der Waals surface area contributed by atoms with Crippen molar-refractivity contribution in [3.05, 3.63) is 64.3 Å². The second kappa shape index (κ2) is 16.7. The number of anilines is 1. The molecular formula is C32H43N7O3S. The maximum atomic E-state index is 13.1. The number of hydrogen-bond acceptors (Lipinski definition) is 8. The number of thioether (sulfide) groups is 1. The summed E-state index contributed by atoms with van der Waals surface area (Å²) in [6.45, 7) is 10.3. The molecule has 1 fully saturated rings. The summed E-state index contributed by atoms with van der Waals surface area (Å²) < 4.78 is 0. The lowest BCUT2D eigenvalue weighted by atomic mass is 10.1. The van der Waals surface area contributed by atoms with Gasteiger partial charge in [-0.1, -0.05) is 39.3 Å². The monoisotopic (exact) mass is 605 g/mol. The van der Waals surface area contributed by atoms with Crippen molar-refractivity contribution in [2.45, 2.75) is 40.0 Å². The number of nitrogens with one attached hydrogen (secondary N) is 3. The summed E-state index contributed by atoms with van der Waals surface area (Å²) >= 11 is 1.36. The van der Waals surface area contributed by atoms with Gasteiger partial charge in [0, 0.05) is 62.5 Å². The third-order valence-corrected chi connectivity index (χ3v) is 8.52. The third kappa shape index (κ3) is 9.58. The van der Waals surface area contributed by atoms with Crippen LogP contribution in [0.15, 0.2) is 58.8 Å². The molecule has 0 radical (unpaired) electrons. The largest absolute Gasteiger partial charge is 0.361 e. The van der Waals surface area contributed by atoms with Crippen LogP contribution in [0.25, 0.3) is 10.8 Å². The molecule has 0 aliphatic carbocycles. The van der Waals surface area contributed by atoms with Crippen molar-refractivity contribution < 1.29 is 14.4 Å². The lowest BCUT2D eigenvalue weighted by Gasteiger charge is -2.28. The summed E-state index contributed by atoms with van der Waals surface area (Å²) in [6.07, 6.45) is 3.90. The van der Waals surface area contributed by atoms with Crippen molar-refractivity contribution in [3.63, 3.8) is 0 Å². The molecule has 0 unspecified atom stereocenters. The van der Waals surface area contributed by atoms with Crippen LogP contribution in [0.5, 0.6) is 0 Å². The van der Waals surface area contributed by atoms with Crippen molar-refractivity contribution in [2.75, 3.05) is 57.9 Å². The van der Waals surface area contributed by atoms with E-state index in [4.69, 9.17) is 0 Å². The van der Waals surface area contributed by atoms with Gasteiger partial charge in [0.2, 0.25) is 5.91 Å². The molecule has 1 saturated heterocycles. The summed E-state index contributed by atoms with van der Waals surface area (Å²) in [5.41, 5.74) is 4.93. The summed E-state index contributed by atoms with van der Waals surface area (Å²) in [6, 6.07) is 13.5. The van der Waals surface area contributed by atoms with Crippen molar-refractivity contribution >= 4 is 45.9 Å². The Morgan fingerprint density at radius 3 is 2.53 bits per heavy atom. The summed E-state index contributed by atoms with van der Waals surface area (Å²) in [4.78, 5) is 41.9. The van der Waals surface area contributed by atoms with Gasteiger partial charge in [0.05, 0.1) is 23.1 Å². The van der Waals surface area contributed by atoms with E-state index in [1.807, 2.05) is 43.3 Å². The Balaban J connectivity index is 1.61. The van der Waals surface area contributed by atoms with E-state index in [9.17, 15) is 19.6 Å². The molecule has 3 rings (SSSR count). The molecule has 0 spiro atoms. The minimum Gasteiger partial charge on any atom is -0.361 e. The number of carbonyl (C=O) groups is 3. The maximum Gasteiger partial charge on any atom is 0.256 e. The van der Waals surface area contributed by atoms with Crippen LogP contribution in [-0.4, -0.2) is 85.1 Å². The number of nitriles is 1. The molecule has 0 aromatic heterocycles. The van der Waals surface area contributed by atoms with Gasteiger partial charge in [-0.3, -0.25) is 19.8 Å². The normalized spacial score (nSPS) is 15.6. The Labute approximate surface area is 259 Å². The zero-order valence-electron chi connectivity index (χ0n) is 25.8. The van der Waals surface area contributed by atoms with Crippen LogP contribution in [-0.2, 0) is 9.59 Å². The smallest absolute Gasteiger partial charge is 0.256 e. The van der Waals surface area contributed by atoms with E-state index >= 15 is 0 Å². The van der Waals surface area contributed by atoms with Gasteiger partial charge in [-0.15, -0.1) is 11.8 Å². The fourth-order valence-corrected chi connectivity index (χ4v) is 5.61. The summed E-state index contributed by atoms with van der Waals surface area (Å²) in [5.74, 6) is -0.250. The van der Waals surface area contributed by atoms with Crippen LogP contribution < -0.4 is 16.1 Å². The van der Waals surface area contributed by atoms with Crippen LogP contribution >= 0.6 is 11.8 Å². The Bertz CT molecular complexity index is 1420. The number of hydrogen-bond donors (Lipinski definition) is 3. The lowest BCUT2D eigenvalue weighted by Crippen LogP contribution is -2.39. The zero-order chi connectivity index (χ0) is 31.4. The highest BCUT2D eigenvalue weighted by Gasteiger charge is 2.28. The molecule has 3 N–H and O–H groups in total. The minimum atomic E-state index is -0.303. The SMILES string of the molecule is CCCCN(CC)CCNC(=O)c1ccc2cc(NC=C3CS/C(=C(/C#N)CC(=O)NN(C)CC)N(C)C3=O)ccc2c1. The highest BCUT2D eigenvalue weighted by atomic mass is 32.2. The molecule has 10 nitrogen and oxygen atoms in total. The van der Waals surface area contributed by atoms with Crippen LogP contribution in [0.3, 0.4) is 0 Å². The number of fused-ring (bicyclic) bond motifs is 1. The second-order valence-corrected chi connectivity index (χ2v) is 11.4. The molecular weight excluding hydrogens is 562 g/mol. The number of carbonyl (C=O) groups excluding carboxylic acids is 3. The van der Waals surface area contributed by atoms with Gasteiger partial charge in [-0.25, -0.2) is 5.01 Å². The number of unbranched alkanes of at least 4 members (excludes halogenated alkanes) is 1. The molecule has 0 saturated carbocycles. The summed E-state index contributed by atoms with van der Waals surface area (Å²) in [5, 5.41) is 19.9. The van der Waals surface area contributed by atoms with Gasteiger partial charge in [0.15, 0.2) is 0 Å². The molecule has 230 valence electrons. The van der Waals surface area contributed by atoms with Crippen molar-refractivity contribution in [3.8, 4) is 6.07 Å². The molecule has 0 bridgehead atoms. The van der Waals surface area contributed by atoms with E-state index in [1.165, 1.54) is 16.7 Å². The number of likely N-dealkylation sites (N-methyl/N-ethyl adjacent to an activating group) is 2. The first-order valence-corrected chi connectivity index (χ1v) is 15.7. The number of nitrogens with zero attached hydrogens (tertiary/aromatic N) is 4. The average Bonchev–Trinajstić information content (AvgIpc) is 3.01. The Hall–Kier alpha value is -3.85. The van der Waals surface area contributed by atoms with Crippen LogP contribution in [0, 0.1) is 11.3 Å². The first-order chi connectivity index (χ1) is 20.7. The molecule has 0 atom stereocenters. The summed E-state index contributed by atoms with van der Waals surface area (Å²) in [7, 11) is 3.36. The molecule has 1 aliphatic heterocycles. The Kier molecular flexibility index (Phi) is 13.1. The molecule has 11 heteroatoms.